The van der Waals surface area contributed by atoms with Crippen molar-refractivity contribution in [2.45, 2.75) is 0 Å². The van der Waals surface area contributed by atoms with E-state index < -0.39 is 0 Å². The van der Waals surface area contributed by atoms with Gasteiger partial charge in [-0.15, -0.1) is 0 Å². The molecule has 7 heavy (non-hydrogen) atoms. The molecule has 0 aromatic carbocycles. The van der Waals surface area contributed by atoms with Gasteiger partial charge < -0.3 is 10.1 Å². The topological polar surface area (TPSA) is 38.3 Å². The number of carbonyl (C=O) groups is 1. The number of hydrogen-bond acceptors (Lipinski definition) is 2. The third kappa shape index (κ3) is 2.01. The molecule has 1 aliphatic heterocycles. The zero-order valence-electron chi connectivity index (χ0n) is 3.94. The van der Waals surface area contributed by atoms with Gasteiger partial charge in [0.1, 0.15) is 6.61 Å². The summed E-state index contributed by atoms with van der Waals surface area (Å²) in [6, 6.07) is 0. The molecular formula is C3H7NO2Sn. The first-order chi connectivity index (χ1) is 2.89. The van der Waals surface area contributed by atoms with Crippen LogP contribution in [0.5, 0.6) is 0 Å². The van der Waals surface area contributed by atoms with Crippen LogP contribution in [-0.2, 0) is 4.74 Å². The van der Waals surface area contributed by atoms with Gasteiger partial charge in [0, 0.05) is 0 Å². The summed E-state index contributed by atoms with van der Waals surface area (Å²) in [6.07, 6.45) is -0.296. The molecule has 1 fully saturated rings. The van der Waals surface area contributed by atoms with Gasteiger partial charge in [0.15, 0.2) is 0 Å². The van der Waals surface area contributed by atoms with Crippen molar-refractivity contribution in [3.8, 4) is 0 Å². The molecule has 1 rings (SSSR count). The van der Waals surface area contributed by atoms with Crippen molar-refractivity contribution < 1.29 is 9.53 Å². The number of cyclic esters (lactones) is 1. The van der Waals surface area contributed by atoms with Crippen LogP contribution in [0.15, 0.2) is 0 Å². The minimum atomic E-state index is -0.296. The summed E-state index contributed by atoms with van der Waals surface area (Å²) >= 11 is 0. The molecular weight excluding hydrogens is 201 g/mol. The monoisotopic (exact) mass is 209 g/mol. The fourth-order valence-electron chi connectivity index (χ4n) is 0.348. The molecule has 0 aromatic rings. The molecule has 0 aliphatic carbocycles. The second-order valence-electron chi connectivity index (χ2n) is 1.06. The van der Waals surface area contributed by atoms with Gasteiger partial charge in [-0.05, 0) is 0 Å². The quantitative estimate of drug-likeness (QED) is 0.508. The first-order valence-electron chi connectivity index (χ1n) is 1.80. The Kier molecular flexibility index (Phi) is 3.15. The number of nitrogens with one attached hydrogen (secondary N) is 1. The number of carbonyl (C=O) groups excluding carboxylic acids is 1. The zero-order valence-corrected chi connectivity index (χ0v) is 7.97. The number of hydrogen-bond donors (Lipinski definition) is 1. The van der Waals surface area contributed by atoms with Crippen molar-refractivity contribution >= 4 is 30.0 Å². The second-order valence-corrected chi connectivity index (χ2v) is 1.06. The maximum absolute atomic E-state index is 9.91. The van der Waals surface area contributed by atoms with E-state index in [4.69, 9.17) is 0 Å². The van der Waals surface area contributed by atoms with Crippen LogP contribution in [0.2, 0.25) is 0 Å². The Morgan fingerprint density at radius 2 is 2.43 bits per heavy atom. The van der Waals surface area contributed by atoms with E-state index in [-0.39, 0.29) is 30.0 Å². The summed E-state index contributed by atoms with van der Waals surface area (Å²) in [7, 11) is 0. The fourth-order valence-corrected chi connectivity index (χ4v) is 0.348. The van der Waals surface area contributed by atoms with Gasteiger partial charge in [-0.3, -0.25) is 0 Å². The number of ether oxygens (including phenoxy) is 1. The second kappa shape index (κ2) is 3.12. The molecule has 1 amide bonds. The van der Waals surface area contributed by atoms with E-state index in [0.29, 0.717) is 13.2 Å². The molecule has 0 bridgehead atoms. The number of alkyl carbamates (subject to hydrolysis) is 1. The number of amides is 1. The Hall–Kier alpha value is 0.0687. The standard InChI is InChI=1S/C3H5NO2.Sn.2H/c5-3-4-1-2-6-3;;;/h1-2H2,(H,4,5);;;. The van der Waals surface area contributed by atoms with Crippen LogP contribution in [0.1, 0.15) is 0 Å². The van der Waals surface area contributed by atoms with Gasteiger partial charge in [0.25, 0.3) is 0 Å². The van der Waals surface area contributed by atoms with Crippen molar-refractivity contribution in [2.24, 2.45) is 0 Å². The summed E-state index contributed by atoms with van der Waals surface area (Å²) < 4.78 is 4.40. The Morgan fingerprint density at radius 3 is 2.57 bits per heavy atom. The van der Waals surface area contributed by atoms with Gasteiger partial charge in [-0.2, -0.15) is 0 Å². The van der Waals surface area contributed by atoms with Crippen molar-refractivity contribution in [3.63, 3.8) is 0 Å². The Morgan fingerprint density at radius 1 is 1.71 bits per heavy atom. The van der Waals surface area contributed by atoms with E-state index in [1.54, 1.807) is 0 Å². The molecule has 40 valence electrons. The van der Waals surface area contributed by atoms with E-state index in [9.17, 15) is 4.79 Å². The molecule has 0 unspecified atom stereocenters. The van der Waals surface area contributed by atoms with Gasteiger partial charge >= 0.3 is 30.0 Å². The summed E-state index contributed by atoms with van der Waals surface area (Å²) in [6.45, 7) is 1.19. The first kappa shape index (κ1) is 7.07. The van der Waals surface area contributed by atoms with Gasteiger partial charge in [0.2, 0.25) is 0 Å². The normalized spacial score (nSPS) is 16.9. The number of rotatable bonds is 0. The summed E-state index contributed by atoms with van der Waals surface area (Å²) in [5.41, 5.74) is 0. The third-order valence-electron chi connectivity index (χ3n) is 0.605. The summed E-state index contributed by atoms with van der Waals surface area (Å²) in [5, 5.41) is 2.46. The molecule has 0 atom stereocenters. The van der Waals surface area contributed by atoms with Crippen molar-refractivity contribution in [1.29, 1.82) is 0 Å². The van der Waals surface area contributed by atoms with E-state index in [1.165, 1.54) is 0 Å². The van der Waals surface area contributed by atoms with Crippen LogP contribution in [-0.4, -0.2) is 43.2 Å². The maximum atomic E-state index is 9.91. The molecule has 4 heteroatoms. The van der Waals surface area contributed by atoms with E-state index in [2.05, 4.69) is 10.1 Å². The van der Waals surface area contributed by atoms with Crippen LogP contribution in [0.3, 0.4) is 0 Å². The van der Waals surface area contributed by atoms with Gasteiger partial charge in [-0.1, -0.05) is 0 Å². The first-order valence-corrected chi connectivity index (χ1v) is 1.80. The van der Waals surface area contributed by atoms with Crippen LogP contribution >= 0.6 is 0 Å². The fraction of sp³-hybridized carbons (Fsp3) is 0.667. The van der Waals surface area contributed by atoms with E-state index in [0.717, 1.165) is 0 Å². The van der Waals surface area contributed by atoms with Gasteiger partial charge in [0.05, 0.1) is 6.54 Å². The average Bonchev–Trinajstić information content (AvgIpc) is 1.86. The molecule has 0 saturated carbocycles. The molecule has 2 radical (unpaired) electrons. The van der Waals surface area contributed by atoms with Crippen molar-refractivity contribution in [1.82, 2.24) is 5.32 Å². The molecule has 1 aliphatic rings. The summed E-state index contributed by atoms with van der Waals surface area (Å²) in [5.74, 6) is 0. The van der Waals surface area contributed by atoms with E-state index >= 15 is 0 Å². The predicted octanol–water partition coefficient (Wildman–Crippen LogP) is -1.19. The molecule has 0 aromatic heterocycles. The predicted molar refractivity (Wildman–Crippen MR) is 27.9 cm³/mol. The van der Waals surface area contributed by atoms with Crippen LogP contribution in [0, 0.1) is 0 Å². The van der Waals surface area contributed by atoms with E-state index in [1.807, 2.05) is 0 Å². The Bertz CT molecular complexity index is 67.3. The van der Waals surface area contributed by atoms with Gasteiger partial charge in [-0.25, -0.2) is 4.79 Å². The molecule has 1 heterocycles. The minimum absolute atomic E-state index is 0. The molecule has 3 nitrogen and oxygen atoms in total. The third-order valence-corrected chi connectivity index (χ3v) is 0.605. The van der Waals surface area contributed by atoms with Crippen LogP contribution in [0.4, 0.5) is 4.79 Å². The SMILES string of the molecule is O=C1NCCO1.[SnH2]. The zero-order chi connectivity index (χ0) is 4.41. The molecule has 1 N–H and O–H groups in total. The van der Waals surface area contributed by atoms with Crippen LogP contribution < -0.4 is 5.32 Å². The molecule has 1 saturated heterocycles. The Labute approximate surface area is 58.4 Å². The van der Waals surface area contributed by atoms with Crippen molar-refractivity contribution in [2.75, 3.05) is 13.2 Å². The average molecular weight is 208 g/mol. The van der Waals surface area contributed by atoms with Crippen molar-refractivity contribution in [3.05, 3.63) is 0 Å². The Balaban J connectivity index is 0.000000360. The molecule has 0 spiro atoms. The van der Waals surface area contributed by atoms with Crippen LogP contribution in [0.25, 0.3) is 0 Å². The summed E-state index contributed by atoms with van der Waals surface area (Å²) in [4.78, 5) is 9.91.